The second-order valence-corrected chi connectivity index (χ2v) is 10.5. The van der Waals surface area contributed by atoms with Gasteiger partial charge in [-0.3, -0.25) is 4.79 Å². The molecule has 1 atom stereocenters. The Morgan fingerprint density at radius 2 is 1.59 bits per heavy atom. The van der Waals surface area contributed by atoms with Crippen LogP contribution in [0.5, 0.6) is 11.5 Å². The van der Waals surface area contributed by atoms with Crippen molar-refractivity contribution in [1.82, 2.24) is 0 Å². The molecule has 0 aliphatic carbocycles. The molecule has 5 nitrogen and oxygen atoms in total. The van der Waals surface area contributed by atoms with Gasteiger partial charge < -0.3 is 19.9 Å². The predicted molar refractivity (Wildman–Crippen MR) is 167 cm³/mol. The lowest BCUT2D eigenvalue weighted by molar-refractivity contribution is -0.123. The smallest absolute Gasteiger partial charge is 0.297 e. The van der Waals surface area contributed by atoms with Crippen LogP contribution in [0.15, 0.2) is 85.1 Å². The zero-order valence-electron chi connectivity index (χ0n) is 23.1. The Hall–Kier alpha value is -3.77. The lowest BCUT2D eigenvalue weighted by Gasteiger charge is -2.19. The number of benzene rings is 4. The van der Waals surface area contributed by atoms with Gasteiger partial charge in [-0.05, 0) is 96.1 Å². The first-order valence-electron chi connectivity index (χ1n) is 13.4. The van der Waals surface area contributed by atoms with Gasteiger partial charge >= 0.3 is 0 Å². The van der Waals surface area contributed by atoms with Gasteiger partial charge in [0.05, 0.1) is 16.3 Å². The van der Waals surface area contributed by atoms with Crippen LogP contribution in [0.2, 0.25) is 10.0 Å². The number of carbonyl (C=O) groups excluding carboxylic acids is 1. The van der Waals surface area contributed by atoms with E-state index in [2.05, 4.69) is 43.3 Å². The predicted octanol–water partition coefficient (Wildman–Crippen LogP) is 8.16. The van der Waals surface area contributed by atoms with Gasteiger partial charge in [0, 0.05) is 5.92 Å². The number of nitrogens with two attached hydrogens (primary N) is 1. The molecule has 0 bridgehead atoms. The third-order valence-electron chi connectivity index (χ3n) is 6.79. The molecule has 0 saturated heterocycles. The fourth-order valence-corrected chi connectivity index (χ4v) is 5.51. The van der Waals surface area contributed by atoms with E-state index in [1.807, 2.05) is 49.4 Å². The third kappa shape index (κ3) is 8.14. The fourth-order valence-electron chi connectivity index (χ4n) is 4.81. The Morgan fingerprint density at radius 3 is 2.27 bits per heavy atom. The Labute approximate surface area is 251 Å². The van der Waals surface area contributed by atoms with E-state index in [-0.39, 0.29) is 5.92 Å². The van der Waals surface area contributed by atoms with Gasteiger partial charge in [0.15, 0.2) is 5.75 Å². The lowest BCUT2D eigenvalue weighted by atomic mass is 9.87. The summed E-state index contributed by atoms with van der Waals surface area (Å²) >= 11 is 12.5. The first-order chi connectivity index (χ1) is 19.9. The highest BCUT2D eigenvalue weighted by molar-refractivity contribution is 6.37. The van der Waals surface area contributed by atoms with Crippen LogP contribution >= 0.6 is 23.2 Å². The molecule has 7 heteroatoms. The number of halogens is 2. The molecule has 0 saturated carbocycles. The third-order valence-corrected chi connectivity index (χ3v) is 7.36. The number of aryl methyl sites for hydroxylation is 2. The quantitative estimate of drug-likeness (QED) is 0.0967. The molecule has 0 fully saturated rings. The van der Waals surface area contributed by atoms with Gasteiger partial charge in [0.1, 0.15) is 19.0 Å². The van der Waals surface area contributed by atoms with Gasteiger partial charge in [-0.15, -0.1) is 0 Å². The van der Waals surface area contributed by atoms with E-state index in [1.54, 1.807) is 6.08 Å². The first kappa shape index (κ1) is 30.2. The highest BCUT2D eigenvalue weighted by Gasteiger charge is 2.15. The van der Waals surface area contributed by atoms with E-state index < -0.39 is 0 Å². The molecule has 4 aromatic carbocycles. The van der Waals surface area contributed by atoms with Crippen molar-refractivity contribution >= 4 is 35.8 Å². The summed E-state index contributed by atoms with van der Waals surface area (Å²) in [6.07, 6.45) is 3.98. The highest BCUT2D eigenvalue weighted by Crippen LogP contribution is 2.34. The molecule has 0 radical (unpaired) electrons. The van der Waals surface area contributed by atoms with Crippen LogP contribution in [0, 0.1) is 13.8 Å². The second kappa shape index (κ2) is 14.7. The molecule has 212 valence electrons. The SMILES string of the molecule is Cc1cc(Cl)c(OCCOc2ccc(CC(CN)c3ccc(-c4ccccc4/C=C/OC=O)cc3C)cc2)c(Cl)c1. The van der Waals surface area contributed by atoms with Crippen molar-refractivity contribution < 1.29 is 19.0 Å². The Kier molecular flexibility index (Phi) is 10.9. The number of hydrogen-bond donors (Lipinski definition) is 1. The maximum atomic E-state index is 10.5. The number of rotatable bonds is 13. The zero-order chi connectivity index (χ0) is 29.2. The summed E-state index contributed by atoms with van der Waals surface area (Å²) < 4.78 is 16.3. The minimum absolute atomic E-state index is 0.171. The van der Waals surface area contributed by atoms with Gasteiger partial charge in [-0.2, -0.15) is 0 Å². The van der Waals surface area contributed by atoms with Gasteiger partial charge in [-0.25, -0.2) is 0 Å². The van der Waals surface area contributed by atoms with Gasteiger partial charge in [0.25, 0.3) is 6.47 Å². The van der Waals surface area contributed by atoms with Gasteiger partial charge in [-0.1, -0.05) is 77.8 Å². The lowest BCUT2D eigenvalue weighted by Crippen LogP contribution is -2.16. The van der Waals surface area contributed by atoms with E-state index in [0.717, 1.165) is 34.4 Å². The van der Waals surface area contributed by atoms with Crippen LogP contribution < -0.4 is 15.2 Å². The standard InChI is InChI=1S/C34H33Cl2NO4/c1-23-17-32(35)34(33(36)18-23)41-16-15-40-29-10-7-25(8-11-29)20-28(21-37)30-12-9-27(19-24(30)2)31-6-4-3-5-26(31)13-14-39-22-38/h3-14,17-19,22,28H,15-16,20-21,37H2,1-2H3/b14-13+. The molecule has 2 N–H and O–H groups in total. The topological polar surface area (TPSA) is 70.8 Å². The molecule has 0 aliphatic heterocycles. The molecule has 0 aliphatic rings. The van der Waals surface area contributed by atoms with E-state index >= 15 is 0 Å². The largest absolute Gasteiger partial charge is 0.490 e. The highest BCUT2D eigenvalue weighted by atomic mass is 35.5. The summed E-state index contributed by atoms with van der Waals surface area (Å²) in [6.45, 7) is 5.66. The molecule has 0 aromatic heterocycles. The summed E-state index contributed by atoms with van der Waals surface area (Å²) in [5, 5.41) is 0.976. The van der Waals surface area contributed by atoms with Crippen LogP contribution in [0.1, 0.15) is 33.7 Å². The van der Waals surface area contributed by atoms with E-state index in [0.29, 0.717) is 42.0 Å². The molecule has 0 spiro atoms. The molecule has 41 heavy (non-hydrogen) atoms. The van der Waals surface area contributed by atoms with Crippen molar-refractivity contribution in [2.75, 3.05) is 19.8 Å². The van der Waals surface area contributed by atoms with E-state index in [1.165, 1.54) is 23.0 Å². The normalized spacial score (nSPS) is 11.8. The molecule has 4 rings (SSSR count). The fraction of sp³-hybridized carbons (Fsp3) is 0.206. The van der Waals surface area contributed by atoms with E-state index in [9.17, 15) is 4.79 Å². The summed E-state index contributed by atoms with van der Waals surface area (Å²) in [6, 6.07) is 26.2. The van der Waals surface area contributed by atoms with Crippen molar-refractivity contribution in [3.63, 3.8) is 0 Å². The molecule has 0 amide bonds. The minimum Gasteiger partial charge on any atom is -0.490 e. The Balaban J connectivity index is 1.37. The number of carbonyl (C=O) groups is 1. The first-order valence-corrected chi connectivity index (χ1v) is 14.1. The zero-order valence-corrected chi connectivity index (χ0v) is 24.6. The molecule has 4 aromatic rings. The van der Waals surface area contributed by atoms with Crippen molar-refractivity contribution in [2.24, 2.45) is 5.73 Å². The van der Waals surface area contributed by atoms with E-state index in [4.69, 9.17) is 43.1 Å². The van der Waals surface area contributed by atoms with Crippen LogP contribution in [0.25, 0.3) is 17.2 Å². The second-order valence-electron chi connectivity index (χ2n) is 9.73. The van der Waals surface area contributed by atoms with Crippen LogP contribution in [0.4, 0.5) is 0 Å². The average Bonchev–Trinajstić information content (AvgIpc) is 2.96. The monoisotopic (exact) mass is 589 g/mol. The number of hydrogen-bond acceptors (Lipinski definition) is 5. The summed E-state index contributed by atoms with van der Waals surface area (Å²) in [4.78, 5) is 10.5. The molecular weight excluding hydrogens is 557 g/mol. The minimum atomic E-state index is 0.171. The maximum Gasteiger partial charge on any atom is 0.297 e. The van der Waals surface area contributed by atoms with Gasteiger partial charge in [0.2, 0.25) is 0 Å². The molecular formula is C34H33Cl2NO4. The summed E-state index contributed by atoms with van der Waals surface area (Å²) in [5.74, 6) is 1.40. The summed E-state index contributed by atoms with van der Waals surface area (Å²) in [5.41, 5.74) is 13.9. The Morgan fingerprint density at radius 1 is 0.878 bits per heavy atom. The average molecular weight is 591 g/mol. The summed E-state index contributed by atoms with van der Waals surface area (Å²) in [7, 11) is 0. The van der Waals surface area contributed by atoms with Crippen LogP contribution in [0.3, 0.4) is 0 Å². The van der Waals surface area contributed by atoms with Crippen molar-refractivity contribution in [3.8, 4) is 22.6 Å². The van der Waals surface area contributed by atoms with Crippen molar-refractivity contribution in [1.29, 1.82) is 0 Å². The maximum absolute atomic E-state index is 10.5. The van der Waals surface area contributed by atoms with Crippen molar-refractivity contribution in [3.05, 3.63) is 123 Å². The molecule has 0 heterocycles. The van der Waals surface area contributed by atoms with Crippen LogP contribution in [-0.2, 0) is 16.0 Å². The van der Waals surface area contributed by atoms with Crippen LogP contribution in [-0.4, -0.2) is 26.2 Å². The Bertz CT molecular complexity index is 1480. The number of ether oxygens (including phenoxy) is 3. The van der Waals surface area contributed by atoms with Crippen molar-refractivity contribution in [2.45, 2.75) is 26.2 Å². The molecule has 1 unspecified atom stereocenters.